The average Bonchev–Trinajstić information content (AvgIpc) is 2.38. The predicted octanol–water partition coefficient (Wildman–Crippen LogP) is 0.780. The van der Waals surface area contributed by atoms with E-state index in [1.807, 2.05) is 6.07 Å². The highest BCUT2D eigenvalue weighted by Crippen LogP contribution is 2.12. The molecule has 0 aliphatic rings. The van der Waals surface area contributed by atoms with Crippen LogP contribution < -0.4 is 5.56 Å². The largest absolute Gasteiger partial charge is 0.481 e. The molecule has 1 N–H and O–H groups in total. The molecule has 0 aliphatic heterocycles. The second-order valence-electron chi connectivity index (χ2n) is 3.67. The number of carbonyl (C=O) groups is 1. The lowest BCUT2D eigenvalue weighted by Gasteiger charge is -2.05. The first kappa shape index (κ1) is 12.0. The standard InChI is InChI=1S/C12H11N3O3/c16-11-4-3-10(9-2-1-6-13-8-9)14-15(11)7-5-12(17)18/h1-4,6,8H,5,7H2,(H,17,18). The minimum atomic E-state index is -0.963. The molecule has 0 aliphatic carbocycles. The van der Waals surface area contributed by atoms with Crippen molar-refractivity contribution in [3.63, 3.8) is 0 Å². The predicted molar refractivity (Wildman–Crippen MR) is 64.0 cm³/mol. The quantitative estimate of drug-likeness (QED) is 0.860. The SMILES string of the molecule is O=C(O)CCn1nc(-c2cccnc2)ccc1=O. The van der Waals surface area contributed by atoms with Crippen LogP contribution in [0.25, 0.3) is 11.3 Å². The molecule has 0 aromatic carbocycles. The summed E-state index contributed by atoms with van der Waals surface area (Å²) in [7, 11) is 0. The summed E-state index contributed by atoms with van der Waals surface area (Å²) >= 11 is 0. The Morgan fingerprint density at radius 1 is 1.33 bits per heavy atom. The maximum Gasteiger partial charge on any atom is 0.305 e. The highest BCUT2D eigenvalue weighted by molar-refractivity contribution is 5.66. The third-order valence-corrected chi connectivity index (χ3v) is 2.36. The number of carboxylic acids is 1. The summed E-state index contributed by atoms with van der Waals surface area (Å²) in [6, 6.07) is 6.55. The van der Waals surface area contributed by atoms with Crippen LogP contribution in [0.2, 0.25) is 0 Å². The Hall–Kier alpha value is -2.50. The zero-order chi connectivity index (χ0) is 13.0. The number of rotatable bonds is 4. The molecule has 6 nitrogen and oxygen atoms in total. The molecular formula is C12H11N3O3. The molecule has 0 fully saturated rings. The third-order valence-electron chi connectivity index (χ3n) is 2.36. The van der Waals surface area contributed by atoms with E-state index in [0.29, 0.717) is 5.69 Å². The van der Waals surface area contributed by atoms with Crippen molar-refractivity contribution in [2.24, 2.45) is 0 Å². The Labute approximate surface area is 103 Å². The lowest BCUT2D eigenvalue weighted by Crippen LogP contribution is -2.23. The number of carboxylic acid groups (broad SMARTS) is 1. The van der Waals surface area contributed by atoms with E-state index < -0.39 is 5.97 Å². The summed E-state index contributed by atoms with van der Waals surface area (Å²) in [5.74, 6) is -0.963. The highest BCUT2D eigenvalue weighted by atomic mass is 16.4. The maximum atomic E-state index is 11.5. The molecule has 6 heteroatoms. The van der Waals surface area contributed by atoms with Crippen LogP contribution in [0.4, 0.5) is 0 Å². The fraction of sp³-hybridized carbons (Fsp3) is 0.167. The summed E-state index contributed by atoms with van der Waals surface area (Å²) in [5, 5.41) is 12.7. The monoisotopic (exact) mass is 245 g/mol. The van der Waals surface area contributed by atoms with Gasteiger partial charge in [-0.1, -0.05) is 0 Å². The maximum absolute atomic E-state index is 11.5. The van der Waals surface area contributed by atoms with Crippen LogP contribution in [0.5, 0.6) is 0 Å². The Morgan fingerprint density at radius 3 is 2.83 bits per heavy atom. The second-order valence-corrected chi connectivity index (χ2v) is 3.67. The minimum Gasteiger partial charge on any atom is -0.481 e. The molecule has 2 heterocycles. The number of hydrogen-bond acceptors (Lipinski definition) is 4. The van der Waals surface area contributed by atoms with E-state index in [0.717, 1.165) is 10.2 Å². The van der Waals surface area contributed by atoms with Gasteiger partial charge in [0.05, 0.1) is 18.7 Å². The van der Waals surface area contributed by atoms with Crippen LogP contribution in [0.1, 0.15) is 6.42 Å². The van der Waals surface area contributed by atoms with Crippen molar-refractivity contribution in [3.8, 4) is 11.3 Å². The zero-order valence-corrected chi connectivity index (χ0v) is 9.48. The van der Waals surface area contributed by atoms with E-state index in [-0.39, 0.29) is 18.5 Å². The van der Waals surface area contributed by atoms with Crippen molar-refractivity contribution in [2.45, 2.75) is 13.0 Å². The molecule has 92 valence electrons. The van der Waals surface area contributed by atoms with Crippen molar-refractivity contribution in [3.05, 3.63) is 47.0 Å². The molecule has 2 rings (SSSR count). The molecule has 18 heavy (non-hydrogen) atoms. The fourth-order valence-corrected chi connectivity index (χ4v) is 1.48. The first-order valence-corrected chi connectivity index (χ1v) is 5.37. The Morgan fingerprint density at radius 2 is 2.17 bits per heavy atom. The molecule has 0 spiro atoms. The van der Waals surface area contributed by atoms with E-state index in [9.17, 15) is 9.59 Å². The van der Waals surface area contributed by atoms with E-state index in [4.69, 9.17) is 5.11 Å². The van der Waals surface area contributed by atoms with Gasteiger partial charge in [-0.15, -0.1) is 0 Å². The molecule has 0 bridgehead atoms. The molecule has 0 saturated carbocycles. The number of hydrogen-bond donors (Lipinski definition) is 1. The van der Waals surface area contributed by atoms with E-state index in [2.05, 4.69) is 10.1 Å². The van der Waals surface area contributed by atoms with Crippen LogP contribution in [0, 0.1) is 0 Å². The Kier molecular flexibility index (Phi) is 3.47. The molecular weight excluding hydrogens is 234 g/mol. The molecule has 2 aromatic rings. The van der Waals surface area contributed by atoms with E-state index in [1.54, 1.807) is 24.5 Å². The number of nitrogens with zero attached hydrogens (tertiary/aromatic N) is 3. The van der Waals surface area contributed by atoms with Crippen LogP contribution >= 0.6 is 0 Å². The van der Waals surface area contributed by atoms with Gasteiger partial charge in [0, 0.05) is 24.0 Å². The summed E-state index contributed by atoms with van der Waals surface area (Å²) < 4.78 is 1.15. The zero-order valence-electron chi connectivity index (χ0n) is 9.48. The average molecular weight is 245 g/mol. The Bertz CT molecular complexity index is 607. The van der Waals surface area contributed by atoms with Crippen molar-refractivity contribution in [1.29, 1.82) is 0 Å². The normalized spacial score (nSPS) is 10.2. The van der Waals surface area contributed by atoms with Crippen molar-refractivity contribution in [1.82, 2.24) is 14.8 Å². The van der Waals surface area contributed by atoms with Crippen molar-refractivity contribution >= 4 is 5.97 Å². The number of aromatic nitrogens is 3. The summed E-state index contributed by atoms with van der Waals surface area (Å²) in [6.07, 6.45) is 3.14. The molecule has 2 aromatic heterocycles. The fourth-order valence-electron chi connectivity index (χ4n) is 1.48. The van der Waals surface area contributed by atoms with Gasteiger partial charge in [0.15, 0.2) is 0 Å². The molecule has 0 radical (unpaired) electrons. The first-order chi connectivity index (χ1) is 8.66. The van der Waals surface area contributed by atoms with Gasteiger partial charge >= 0.3 is 5.97 Å². The Balaban J connectivity index is 2.32. The van der Waals surface area contributed by atoms with Crippen LogP contribution in [-0.2, 0) is 11.3 Å². The van der Waals surface area contributed by atoms with E-state index >= 15 is 0 Å². The van der Waals surface area contributed by atoms with Gasteiger partial charge in [-0.3, -0.25) is 14.6 Å². The number of aryl methyl sites for hydroxylation is 1. The van der Waals surface area contributed by atoms with E-state index in [1.165, 1.54) is 6.07 Å². The third kappa shape index (κ3) is 2.79. The van der Waals surface area contributed by atoms with Crippen LogP contribution in [0.15, 0.2) is 41.5 Å². The smallest absolute Gasteiger partial charge is 0.305 e. The van der Waals surface area contributed by atoms with Gasteiger partial charge in [0.1, 0.15) is 0 Å². The summed E-state index contributed by atoms with van der Waals surface area (Å²) in [5.41, 5.74) is 1.05. The van der Waals surface area contributed by atoms with Gasteiger partial charge < -0.3 is 5.11 Å². The first-order valence-electron chi connectivity index (χ1n) is 5.37. The van der Waals surface area contributed by atoms with Crippen molar-refractivity contribution < 1.29 is 9.90 Å². The molecule has 0 saturated heterocycles. The van der Waals surface area contributed by atoms with Gasteiger partial charge in [-0.25, -0.2) is 4.68 Å². The minimum absolute atomic E-state index is 0.0578. The highest BCUT2D eigenvalue weighted by Gasteiger charge is 2.05. The molecule has 0 atom stereocenters. The lowest BCUT2D eigenvalue weighted by molar-refractivity contribution is -0.137. The summed E-state index contributed by atoms with van der Waals surface area (Å²) in [4.78, 5) is 26.0. The van der Waals surface area contributed by atoms with Gasteiger partial charge in [-0.05, 0) is 18.2 Å². The van der Waals surface area contributed by atoms with Crippen molar-refractivity contribution in [2.75, 3.05) is 0 Å². The molecule has 0 unspecified atom stereocenters. The topological polar surface area (TPSA) is 85.1 Å². The summed E-state index contributed by atoms with van der Waals surface area (Å²) in [6.45, 7) is 0.0578. The van der Waals surface area contributed by atoms with Gasteiger partial charge in [0.25, 0.3) is 5.56 Å². The van der Waals surface area contributed by atoms with Crippen LogP contribution in [-0.4, -0.2) is 25.8 Å². The van der Waals surface area contributed by atoms with Crippen LogP contribution in [0.3, 0.4) is 0 Å². The van der Waals surface area contributed by atoms with Gasteiger partial charge in [-0.2, -0.15) is 5.10 Å². The number of aliphatic carboxylic acids is 1. The second kappa shape index (κ2) is 5.22. The number of pyridine rings is 1. The lowest BCUT2D eigenvalue weighted by atomic mass is 10.2. The van der Waals surface area contributed by atoms with Gasteiger partial charge in [0.2, 0.25) is 0 Å². The molecule has 0 amide bonds.